The average Bonchev–Trinajstić information content (AvgIpc) is 2.03. The molecule has 14 heavy (non-hydrogen) atoms. The zero-order valence-corrected chi connectivity index (χ0v) is 7.64. The minimum Gasteiger partial charge on any atom is -0.380 e. The molecule has 0 saturated heterocycles. The molecule has 0 amide bonds. The van der Waals surface area contributed by atoms with Crippen LogP contribution >= 0.6 is 0 Å². The Kier molecular flexibility index (Phi) is 2.71. The predicted octanol–water partition coefficient (Wildman–Crippen LogP) is 1.83. The number of aliphatic hydroxyl groups is 1. The number of ketones is 1. The third kappa shape index (κ3) is 1.97. The molecule has 0 saturated carbocycles. The molecule has 0 aromatic rings. The van der Waals surface area contributed by atoms with Crippen LogP contribution in [-0.2, 0) is 4.79 Å². The van der Waals surface area contributed by atoms with E-state index in [4.69, 9.17) is 0 Å². The second kappa shape index (κ2) is 3.38. The van der Waals surface area contributed by atoms with Crippen molar-refractivity contribution >= 4 is 5.78 Å². The highest BCUT2D eigenvalue weighted by molar-refractivity contribution is 5.90. The number of carbonyl (C=O) groups excluding carboxylic acids is 1. The van der Waals surface area contributed by atoms with Gasteiger partial charge in [-0.25, -0.2) is 0 Å². The van der Waals surface area contributed by atoms with Crippen molar-refractivity contribution in [2.45, 2.75) is 31.5 Å². The fourth-order valence-corrected chi connectivity index (χ4v) is 1.38. The molecule has 0 radical (unpaired) electrons. The van der Waals surface area contributed by atoms with Gasteiger partial charge in [0, 0.05) is 12.3 Å². The highest BCUT2D eigenvalue weighted by atomic mass is 19.4. The third-order valence-corrected chi connectivity index (χ3v) is 2.51. The number of hydrogen-bond donors (Lipinski definition) is 1. The molecule has 0 aromatic carbocycles. The Morgan fingerprint density at radius 3 is 2.43 bits per heavy atom. The van der Waals surface area contributed by atoms with Crippen molar-refractivity contribution < 1.29 is 23.1 Å². The van der Waals surface area contributed by atoms with E-state index in [9.17, 15) is 23.1 Å². The monoisotopic (exact) mass is 208 g/mol. The van der Waals surface area contributed by atoms with E-state index in [0.717, 1.165) is 19.1 Å². The topological polar surface area (TPSA) is 37.3 Å². The van der Waals surface area contributed by atoms with Gasteiger partial charge < -0.3 is 5.11 Å². The van der Waals surface area contributed by atoms with E-state index in [-0.39, 0.29) is 18.6 Å². The maximum Gasteiger partial charge on any atom is 0.417 e. The average molecular weight is 208 g/mol. The Bertz CT molecular complexity index is 266. The number of carbonyl (C=O) groups is 1. The van der Waals surface area contributed by atoms with Gasteiger partial charge in [-0.2, -0.15) is 13.2 Å². The van der Waals surface area contributed by atoms with Crippen LogP contribution in [0.4, 0.5) is 13.2 Å². The Morgan fingerprint density at radius 2 is 2.07 bits per heavy atom. The maximum atomic E-state index is 12.3. The third-order valence-electron chi connectivity index (χ3n) is 2.51. The molecule has 5 heteroatoms. The zero-order chi connectivity index (χ0) is 11.0. The molecule has 80 valence electrons. The molecule has 2 atom stereocenters. The van der Waals surface area contributed by atoms with Crippen LogP contribution in [0.1, 0.15) is 19.8 Å². The lowest BCUT2D eigenvalue weighted by Gasteiger charge is -2.33. The summed E-state index contributed by atoms with van der Waals surface area (Å²) in [4.78, 5) is 10.7. The molecule has 1 N–H and O–H groups in total. The van der Waals surface area contributed by atoms with Crippen molar-refractivity contribution in [2.24, 2.45) is 5.92 Å². The lowest BCUT2D eigenvalue weighted by molar-refractivity contribution is -0.267. The van der Waals surface area contributed by atoms with E-state index in [2.05, 4.69) is 0 Å². The van der Waals surface area contributed by atoms with Crippen molar-refractivity contribution in [1.29, 1.82) is 0 Å². The fourth-order valence-electron chi connectivity index (χ4n) is 1.38. The minimum absolute atomic E-state index is 0.0435. The van der Waals surface area contributed by atoms with E-state index in [1.807, 2.05) is 0 Å². The van der Waals surface area contributed by atoms with Gasteiger partial charge in [0.05, 0.1) is 0 Å². The molecule has 2 nitrogen and oxygen atoms in total. The van der Waals surface area contributed by atoms with E-state index >= 15 is 0 Å². The summed E-state index contributed by atoms with van der Waals surface area (Å²) in [6.07, 6.45) is -2.31. The van der Waals surface area contributed by atoms with Crippen molar-refractivity contribution in [3.63, 3.8) is 0 Å². The molecule has 1 rings (SSSR count). The standard InChI is InChI=1S/C9H11F3O2/c1-8(14,9(10,11)12)6-2-4-7(13)5-3-6/h2,4,6,14H,3,5H2,1H3. The highest BCUT2D eigenvalue weighted by Crippen LogP contribution is 2.39. The van der Waals surface area contributed by atoms with Crippen LogP contribution in [0.3, 0.4) is 0 Å². The minimum atomic E-state index is -4.66. The zero-order valence-electron chi connectivity index (χ0n) is 7.64. The number of hydrogen-bond acceptors (Lipinski definition) is 2. The second-order valence-electron chi connectivity index (χ2n) is 3.62. The Hall–Kier alpha value is -0.840. The lowest BCUT2D eigenvalue weighted by atomic mass is 9.81. The summed E-state index contributed by atoms with van der Waals surface area (Å²) in [5.74, 6) is -1.22. The maximum absolute atomic E-state index is 12.3. The molecule has 0 aliphatic heterocycles. The summed E-state index contributed by atoms with van der Waals surface area (Å²) >= 11 is 0. The van der Waals surface area contributed by atoms with Gasteiger partial charge in [0.25, 0.3) is 0 Å². The summed E-state index contributed by atoms with van der Waals surface area (Å²) in [7, 11) is 0. The first kappa shape index (κ1) is 11.2. The lowest BCUT2D eigenvalue weighted by Crippen LogP contribution is -2.48. The summed E-state index contributed by atoms with van der Waals surface area (Å²) in [5, 5.41) is 9.27. The van der Waals surface area contributed by atoms with Gasteiger partial charge in [0.2, 0.25) is 0 Å². The van der Waals surface area contributed by atoms with Crippen LogP contribution in [0.15, 0.2) is 12.2 Å². The van der Waals surface area contributed by atoms with Gasteiger partial charge in [0.1, 0.15) is 0 Å². The first-order valence-electron chi connectivity index (χ1n) is 4.25. The van der Waals surface area contributed by atoms with Crippen molar-refractivity contribution in [2.75, 3.05) is 0 Å². The molecule has 0 aromatic heterocycles. The first-order chi connectivity index (χ1) is 6.25. The largest absolute Gasteiger partial charge is 0.417 e. The summed E-state index contributed by atoms with van der Waals surface area (Å²) in [5.41, 5.74) is -2.75. The van der Waals surface area contributed by atoms with Crippen LogP contribution in [0, 0.1) is 5.92 Å². The van der Waals surface area contributed by atoms with Gasteiger partial charge in [-0.1, -0.05) is 6.08 Å². The normalized spacial score (nSPS) is 27.5. The van der Waals surface area contributed by atoms with E-state index in [0.29, 0.717) is 0 Å². The summed E-state index contributed by atoms with van der Waals surface area (Å²) in [6, 6.07) is 0. The van der Waals surface area contributed by atoms with Crippen LogP contribution in [0.5, 0.6) is 0 Å². The Morgan fingerprint density at radius 1 is 1.50 bits per heavy atom. The first-order valence-corrected chi connectivity index (χ1v) is 4.25. The van der Waals surface area contributed by atoms with E-state index in [1.165, 1.54) is 0 Å². The molecule has 0 bridgehead atoms. The van der Waals surface area contributed by atoms with E-state index < -0.39 is 17.7 Å². The summed E-state index contributed by atoms with van der Waals surface area (Å²) in [6.45, 7) is 0.734. The van der Waals surface area contributed by atoms with Crippen molar-refractivity contribution in [1.82, 2.24) is 0 Å². The Labute approximate surface area is 79.4 Å². The van der Waals surface area contributed by atoms with Crippen LogP contribution in [-0.4, -0.2) is 22.7 Å². The fraction of sp³-hybridized carbons (Fsp3) is 0.667. The molecule has 1 aliphatic rings. The molecular formula is C9H11F3O2. The molecule has 2 unspecified atom stereocenters. The SMILES string of the molecule is CC(O)(C1C=CC(=O)CC1)C(F)(F)F. The van der Waals surface area contributed by atoms with Gasteiger partial charge in [-0.3, -0.25) is 4.79 Å². The van der Waals surface area contributed by atoms with Crippen LogP contribution in [0.2, 0.25) is 0 Å². The molecule has 1 aliphatic carbocycles. The number of halogens is 3. The smallest absolute Gasteiger partial charge is 0.380 e. The Balaban J connectivity index is 2.84. The van der Waals surface area contributed by atoms with Crippen LogP contribution in [0.25, 0.3) is 0 Å². The highest BCUT2D eigenvalue weighted by Gasteiger charge is 2.54. The molecule has 0 heterocycles. The van der Waals surface area contributed by atoms with Gasteiger partial charge >= 0.3 is 6.18 Å². The van der Waals surface area contributed by atoms with Gasteiger partial charge in [0.15, 0.2) is 11.4 Å². The molecule has 0 spiro atoms. The van der Waals surface area contributed by atoms with Crippen LogP contribution < -0.4 is 0 Å². The number of rotatable bonds is 1. The van der Waals surface area contributed by atoms with Crippen molar-refractivity contribution in [3.05, 3.63) is 12.2 Å². The number of allylic oxidation sites excluding steroid dienone is 1. The van der Waals surface area contributed by atoms with Gasteiger partial charge in [-0.05, 0) is 19.4 Å². The second-order valence-corrected chi connectivity index (χ2v) is 3.62. The molecular weight excluding hydrogens is 197 g/mol. The van der Waals surface area contributed by atoms with E-state index in [1.54, 1.807) is 0 Å². The summed E-state index contributed by atoms with van der Waals surface area (Å²) < 4.78 is 37.0. The van der Waals surface area contributed by atoms with Crippen molar-refractivity contribution in [3.8, 4) is 0 Å². The number of alkyl halides is 3. The quantitative estimate of drug-likeness (QED) is 0.713. The predicted molar refractivity (Wildman–Crippen MR) is 43.5 cm³/mol. The molecule has 0 fully saturated rings. The van der Waals surface area contributed by atoms with Gasteiger partial charge in [-0.15, -0.1) is 0 Å².